The zero-order chi connectivity index (χ0) is 16.2. The van der Waals surface area contributed by atoms with Gasteiger partial charge in [0.2, 0.25) is 0 Å². The van der Waals surface area contributed by atoms with E-state index in [0.717, 1.165) is 50.6 Å². The number of carbonyl (C=O) groups is 1. The number of aromatic nitrogens is 2. The second-order valence-corrected chi connectivity index (χ2v) is 6.99. The second-order valence-electron chi connectivity index (χ2n) is 6.99. The fourth-order valence-electron chi connectivity index (χ4n) is 3.67. The fourth-order valence-corrected chi connectivity index (χ4v) is 3.67. The molecule has 23 heavy (non-hydrogen) atoms. The summed E-state index contributed by atoms with van der Waals surface area (Å²) in [6.45, 7) is 7.38. The van der Waals surface area contributed by atoms with Crippen LogP contribution >= 0.6 is 0 Å². The number of likely N-dealkylation sites (tertiary alicyclic amines) is 1. The highest BCUT2D eigenvalue weighted by Gasteiger charge is 2.27. The summed E-state index contributed by atoms with van der Waals surface area (Å²) < 4.78 is 0. The lowest BCUT2D eigenvalue weighted by Gasteiger charge is -2.35. The minimum atomic E-state index is 0.0443. The minimum Gasteiger partial charge on any atom is -0.355 e. The normalized spacial score (nSPS) is 23.1. The van der Waals surface area contributed by atoms with Crippen LogP contribution in [0.4, 0.5) is 5.82 Å². The van der Waals surface area contributed by atoms with Crippen LogP contribution in [0.1, 0.15) is 62.9 Å². The predicted octanol–water partition coefficient (Wildman–Crippen LogP) is 3.12. The van der Waals surface area contributed by atoms with Crippen LogP contribution in [0.3, 0.4) is 0 Å². The molecule has 2 aliphatic rings. The van der Waals surface area contributed by atoms with Crippen LogP contribution in [-0.2, 0) is 0 Å². The summed E-state index contributed by atoms with van der Waals surface area (Å²) in [4.78, 5) is 25.9. The molecule has 1 amide bonds. The maximum absolute atomic E-state index is 12.7. The molecule has 3 heterocycles. The zero-order valence-electron chi connectivity index (χ0n) is 14.4. The van der Waals surface area contributed by atoms with E-state index < -0.39 is 0 Å². The predicted molar refractivity (Wildman–Crippen MR) is 91.6 cm³/mol. The van der Waals surface area contributed by atoms with E-state index in [1.54, 1.807) is 12.4 Å². The lowest BCUT2D eigenvalue weighted by molar-refractivity contribution is 0.0601. The number of anilines is 1. The van der Waals surface area contributed by atoms with E-state index >= 15 is 0 Å². The van der Waals surface area contributed by atoms with E-state index in [9.17, 15) is 4.79 Å². The monoisotopic (exact) mass is 316 g/mol. The Morgan fingerprint density at radius 1 is 1.13 bits per heavy atom. The van der Waals surface area contributed by atoms with Gasteiger partial charge in [0.15, 0.2) is 0 Å². The molecule has 2 aliphatic heterocycles. The van der Waals surface area contributed by atoms with Crippen LogP contribution in [0.25, 0.3) is 0 Å². The molecule has 0 aliphatic carbocycles. The molecule has 0 spiro atoms. The Labute approximate surface area is 139 Å². The maximum atomic E-state index is 12.7. The average Bonchev–Trinajstić information content (AvgIpc) is 2.62. The first-order valence-electron chi connectivity index (χ1n) is 9.07. The van der Waals surface area contributed by atoms with Crippen molar-refractivity contribution in [1.82, 2.24) is 14.9 Å². The molecule has 0 saturated carbocycles. The summed E-state index contributed by atoms with van der Waals surface area (Å²) in [6, 6.07) is 0.362. The molecule has 5 nitrogen and oxygen atoms in total. The number of rotatable bonds is 3. The fraction of sp³-hybridized carbons (Fsp3) is 0.722. The van der Waals surface area contributed by atoms with Crippen molar-refractivity contribution in [3.8, 4) is 0 Å². The van der Waals surface area contributed by atoms with Crippen LogP contribution in [-0.4, -0.2) is 46.5 Å². The molecule has 3 rings (SSSR count). The standard InChI is InChI=1S/C18H28N4O/c1-3-15-6-4-5-9-22(15)18(23)16-12-20-17(13-19-16)21-10-7-14(2)8-11-21/h12-15H,3-11H2,1-2H3. The molecule has 1 aromatic heterocycles. The minimum absolute atomic E-state index is 0.0443. The van der Waals surface area contributed by atoms with Gasteiger partial charge in [0.25, 0.3) is 5.91 Å². The zero-order valence-corrected chi connectivity index (χ0v) is 14.4. The van der Waals surface area contributed by atoms with Crippen molar-refractivity contribution in [2.45, 2.75) is 58.4 Å². The van der Waals surface area contributed by atoms with Gasteiger partial charge >= 0.3 is 0 Å². The van der Waals surface area contributed by atoms with Crippen LogP contribution in [0.15, 0.2) is 12.4 Å². The second kappa shape index (κ2) is 7.28. The summed E-state index contributed by atoms with van der Waals surface area (Å²) in [5.74, 6) is 1.74. The lowest BCUT2D eigenvalue weighted by Crippen LogP contribution is -2.43. The number of amides is 1. The first-order valence-corrected chi connectivity index (χ1v) is 9.07. The molecule has 1 aromatic rings. The quantitative estimate of drug-likeness (QED) is 0.859. The van der Waals surface area contributed by atoms with Crippen molar-refractivity contribution in [3.63, 3.8) is 0 Å². The van der Waals surface area contributed by atoms with Gasteiger partial charge in [-0.05, 0) is 44.4 Å². The van der Waals surface area contributed by atoms with Gasteiger partial charge in [0, 0.05) is 25.7 Å². The van der Waals surface area contributed by atoms with Gasteiger partial charge in [-0.25, -0.2) is 9.97 Å². The summed E-state index contributed by atoms with van der Waals surface area (Å²) in [7, 11) is 0. The van der Waals surface area contributed by atoms with Gasteiger partial charge < -0.3 is 9.80 Å². The van der Waals surface area contributed by atoms with Crippen molar-refractivity contribution < 1.29 is 4.79 Å². The van der Waals surface area contributed by atoms with E-state index in [1.165, 1.54) is 19.3 Å². The Kier molecular flexibility index (Phi) is 5.13. The summed E-state index contributed by atoms with van der Waals surface area (Å²) in [5, 5.41) is 0. The van der Waals surface area contributed by atoms with Gasteiger partial charge in [0.1, 0.15) is 11.5 Å². The maximum Gasteiger partial charge on any atom is 0.274 e. The first kappa shape index (κ1) is 16.2. The molecule has 0 N–H and O–H groups in total. The highest BCUT2D eigenvalue weighted by molar-refractivity contribution is 5.92. The molecule has 2 saturated heterocycles. The number of hydrogen-bond donors (Lipinski definition) is 0. The van der Waals surface area contributed by atoms with Gasteiger partial charge in [-0.15, -0.1) is 0 Å². The molecule has 0 bridgehead atoms. The van der Waals surface area contributed by atoms with Crippen LogP contribution in [0.2, 0.25) is 0 Å². The SMILES string of the molecule is CCC1CCCCN1C(=O)c1cnc(N2CCC(C)CC2)cn1. The largest absolute Gasteiger partial charge is 0.355 e. The van der Waals surface area contributed by atoms with Crippen molar-refractivity contribution in [2.24, 2.45) is 5.92 Å². The highest BCUT2D eigenvalue weighted by Crippen LogP contribution is 2.23. The van der Waals surface area contributed by atoms with E-state index in [0.29, 0.717) is 11.7 Å². The molecule has 0 radical (unpaired) electrons. The summed E-state index contributed by atoms with van der Waals surface area (Å²) in [5.41, 5.74) is 0.486. The van der Waals surface area contributed by atoms with Gasteiger partial charge in [0.05, 0.1) is 12.4 Å². The lowest BCUT2D eigenvalue weighted by atomic mass is 9.99. The average molecular weight is 316 g/mol. The summed E-state index contributed by atoms with van der Waals surface area (Å²) >= 11 is 0. The van der Waals surface area contributed by atoms with E-state index in [2.05, 4.69) is 28.7 Å². The first-order chi connectivity index (χ1) is 11.2. The molecular weight excluding hydrogens is 288 g/mol. The Morgan fingerprint density at radius 3 is 2.57 bits per heavy atom. The van der Waals surface area contributed by atoms with Crippen LogP contribution in [0, 0.1) is 5.92 Å². The summed E-state index contributed by atoms with van der Waals surface area (Å²) in [6.07, 6.45) is 10.3. The Balaban J connectivity index is 1.67. The Hall–Kier alpha value is -1.65. The molecule has 1 unspecified atom stereocenters. The third-order valence-electron chi connectivity index (χ3n) is 5.32. The number of hydrogen-bond acceptors (Lipinski definition) is 4. The number of nitrogens with zero attached hydrogens (tertiary/aromatic N) is 4. The molecule has 126 valence electrons. The van der Waals surface area contributed by atoms with Crippen molar-refractivity contribution in [3.05, 3.63) is 18.1 Å². The molecule has 0 aromatic carbocycles. The molecule has 1 atom stereocenters. The smallest absolute Gasteiger partial charge is 0.274 e. The van der Waals surface area contributed by atoms with Gasteiger partial charge in [-0.2, -0.15) is 0 Å². The van der Waals surface area contributed by atoms with Crippen molar-refractivity contribution >= 4 is 11.7 Å². The van der Waals surface area contributed by atoms with Gasteiger partial charge in [-0.1, -0.05) is 13.8 Å². The van der Waals surface area contributed by atoms with Crippen molar-refractivity contribution in [2.75, 3.05) is 24.5 Å². The van der Waals surface area contributed by atoms with E-state index in [-0.39, 0.29) is 5.91 Å². The molecular formula is C18H28N4O. The number of piperidine rings is 2. The Bertz CT molecular complexity index is 522. The van der Waals surface area contributed by atoms with Gasteiger partial charge in [-0.3, -0.25) is 4.79 Å². The van der Waals surface area contributed by atoms with Crippen LogP contribution < -0.4 is 4.90 Å². The van der Waals surface area contributed by atoms with E-state index in [1.807, 2.05) is 4.90 Å². The molecule has 2 fully saturated rings. The van der Waals surface area contributed by atoms with Crippen molar-refractivity contribution in [1.29, 1.82) is 0 Å². The Morgan fingerprint density at radius 2 is 1.91 bits per heavy atom. The number of carbonyl (C=O) groups excluding carboxylic acids is 1. The van der Waals surface area contributed by atoms with E-state index in [4.69, 9.17) is 0 Å². The molecule has 5 heteroatoms. The third-order valence-corrected chi connectivity index (χ3v) is 5.32. The third kappa shape index (κ3) is 3.65. The topological polar surface area (TPSA) is 49.3 Å². The van der Waals surface area contributed by atoms with Crippen LogP contribution in [0.5, 0.6) is 0 Å². The highest BCUT2D eigenvalue weighted by atomic mass is 16.2.